The SMILES string of the molecule is CSCC[C@H](N)C(=O)Nc1ccc(C)c(C(=O)N(C)C)c1.Cl. The Kier molecular flexibility index (Phi) is 9.16. The Balaban J connectivity index is 0.00000441. The van der Waals surface area contributed by atoms with E-state index < -0.39 is 6.04 Å². The van der Waals surface area contributed by atoms with Crippen molar-refractivity contribution in [1.29, 1.82) is 0 Å². The lowest BCUT2D eigenvalue weighted by molar-refractivity contribution is -0.117. The van der Waals surface area contributed by atoms with Crippen LogP contribution in [0.25, 0.3) is 0 Å². The summed E-state index contributed by atoms with van der Waals surface area (Å²) in [7, 11) is 3.40. The van der Waals surface area contributed by atoms with Crippen LogP contribution in [0.5, 0.6) is 0 Å². The maximum atomic E-state index is 12.1. The average molecular weight is 346 g/mol. The van der Waals surface area contributed by atoms with Crippen molar-refractivity contribution in [3.8, 4) is 0 Å². The van der Waals surface area contributed by atoms with Crippen LogP contribution in [-0.2, 0) is 4.79 Å². The fourth-order valence-electron chi connectivity index (χ4n) is 1.78. The van der Waals surface area contributed by atoms with Crippen molar-refractivity contribution in [2.45, 2.75) is 19.4 Å². The van der Waals surface area contributed by atoms with E-state index in [1.165, 1.54) is 4.90 Å². The minimum atomic E-state index is -0.535. The molecule has 1 atom stereocenters. The first-order valence-electron chi connectivity index (χ1n) is 6.74. The highest BCUT2D eigenvalue weighted by Gasteiger charge is 2.15. The topological polar surface area (TPSA) is 75.4 Å². The Hall–Kier alpha value is -1.24. The number of benzene rings is 1. The van der Waals surface area contributed by atoms with Gasteiger partial charge in [-0.15, -0.1) is 12.4 Å². The van der Waals surface area contributed by atoms with E-state index in [-0.39, 0.29) is 24.2 Å². The van der Waals surface area contributed by atoms with E-state index >= 15 is 0 Å². The summed E-state index contributed by atoms with van der Waals surface area (Å²) in [5, 5.41) is 2.77. The van der Waals surface area contributed by atoms with Crippen molar-refractivity contribution in [3.63, 3.8) is 0 Å². The molecule has 22 heavy (non-hydrogen) atoms. The van der Waals surface area contributed by atoms with Crippen molar-refractivity contribution in [1.82, 2.24) is 4.90 Å². The quantitative estimate of drug-likeness (QED) is 0.828. The molecule has 124 valence electrons. The number of halogens is 1. The molecule has 7 heteroatoms. The zero-order valence-corrected chi connectivity index (χ0v) is 15.0. The first-order chi connectivity index (χ1) is 9.86. The van der Waals surface area contributed by atoms with Gasteiger partial charge in [0.15, 0.2) is 0 Å². The van der Waals surface area contributed by atoms with Gasteiger partial charge in [0.1, 0.15) is 0 Å². The van der Waals surface area contributed by atoms with Crippen LogP contribution in [-0.4, -0.2) is 48.9 Å². The van der Waals surface area contributed by atoms with Crippen molar-refractivity contribution in [2.75, 3.05) is 31.4 Å². The standard InChI is InChI=1S/C15H23N3O2S.ClH/c1-10-5-6-11(9-12(10)15(20)18(2)3)17-14(19)13(16)7-8-21-4;/h5-6,9,13H,7-8,16H2,1-4H3,(H,17,19);1H/t13-;/m0./s1. The van der Waals surface area contributed by atoms with E-state index in [2.05, 4.69) is 5.32 Å². The number of nitrogens with zero attached hydrogens (tertiary/aromatic N) is 1. The highest BCUT2D eigenvalue weighted by atomic mass is 35.5. The van der Waals surface area contributed by atoms with Gasteiger partial charge in [-0.1, -0.05) is 6.07 Å². The van der Waals surface area contributed by atoms with Crippen LogP contribution in [0.3, 0.4) is 0 Å². The number of anilines is 1. The number of hydrogen-bond acceptors (Lipinski definition) is 4. The molecule has 3 N–H and O–H groups in total. The number of nitrogens with two attached hydrogens (primary N) is 1. The van der Waals surface area contributed by atoms with E-state index in [1.54, 1.807) is 38.0 Å². The van der Waals surface area contributed by atoms with Crippen LogP contribution in [0.15, 0.2) is 18.2 Å². The number of rotatable bonds is 6. The number of hydrogen-bond donors (Lipinski definition) is 2. The number of carbonyl (C=O) groups excluding carboxylic acids is 2. The first kappa shape index (κ1) is 20.8. The average Bonchev–Trinajstić information content (AvgIpc) is 2.45. The zero-order valence-electron chi connectivity index (χ0n) is 13.4. The summed E-state index contributed by atoms with van der Waals surface area (Å²) in [6.07, 6.45) is 2.60. The number of carbonyl (C=O) groups is 2. The van der Waals surface area contributed by atoms with Gasteiger partial charge in [-0.25, -0.2) is 0 Å². The molecule has 0 unspecified atom stereocenters. The Morgan fingerprint density at radius 3 is 2.55 bits per heavy atom. The first-order valence-corrected chi connectivity index (χ1v) is 8.14. The third kappa shape index (κ3) is 5.87. The number of amides is 2. The lowest BCUT2D eigenvalue weighted by atomic mass is 10.1. The van der Waals surface area contributed by atoms with Gasteiger partial charge in [0.05, 0.1) is 6.04 Å². The second-order valence-electron chi connectivity index (χ2n) is 5.11. The van der Waals surface area contributed by atoms with Crippen molar-refractivity contribution < 1.29 is 9.59 Å². The molecule has 1 aromatic rings. The van der Waals surface area contributed by atoms with E-state index in [4.69, 9.17) is 5.73 Å². The maximum Gasteiger partial charge on any atom is 0.253 e. The number of thioether (sulfide) groups is 1. The Labute approximate surface area is 142 Å². The fraction of sp³-hybridized carbons (Fsp3) is 0.467. The fourth-order valence-corrected chi connectivity index (χ4v) is 2.27. The highest BCUT2D eigenvalue weighted by molar-refractivity contribution is 7.98. The summed E-state index contributed by atoms with van der Waals surface area (Å²) in [5.74, 6) is 0.527. The van der Waals surface area contributed by atoms with Gasteiger partial charge in [0.2, 0.25) is 5.91 Å². The summed E-state index contributed by atoms with van der Waals surface area (Å²) in [4.78, 5) is 25.6. The molecule has 0 aliphatic heterocycles. The molecule has 0 fully saturated rings. The van der Waals surface area contributed by atoms with E-state index in [0.29, 0.717) is 17.7 Å². The molecule has 0 heterocycles. The second kappa shape index (κ2) is 9.71. The van der Waals surface area contributed by atoms with Gasteiger partial charge in [-0.05, 0) is 43.0 Å². The predicted octanol–water partition coefficient (Wildman–Crippen LogP) is 2.14. The van der Waals surface area contributed by atoms with E-state index in [1.807, 2.05) is 19.2 Å². The Bertz CT molecular complexity index is 524. The third-order valence-electron chi connectivity index (χ3n) is 3.11. The summed E-state index contributed by atoms with van der Waals surface area (Å²) in [6, 6.07) is 4.75. The van der Waals surface area contributed by atoms with E-state index in [0.717, 1.165) is 11.3 Å². The van der Waals surface area contributed by atoms with Crippen LogP contribution in [0, 0.1) is 6.92 Å². The van der Waals surface area contributed by atoms with Crippen molar-refractivity contribution in [3.05, 3.63) is 29.3 Å². The molecule has 0 saturated carbocycles. The van der Waals surface area contributed by atoms with Crippen molar-refractivity contribution in [2.24, 2.45) is 5.73 Å². The minimum Gasteiger partial charge on any atom is -0.345 e. The Morgan fingerprint density at radius 1 is 1.36 bits per heavy atom. The zero-order chi connectivity index (χ0) is 16.0. The molecule has 1 aromatic carbocycles. The summed E-state index contributed by atoms with van der Waals surface area (Å²) in [5.41, 5.74) is 7.87. The molecule has 2 amide bonds. The molecule has 0 saturated heterocycles. The van der Waals surface area contributed by atoms with Crippen LogP contribution in [0.1, 0.15) is 22.3 Å². The molecule has 0 bridgehead atoms. The monoisotopic (exact) mass is 345 g/mol. The molecule has 0 aliphatic carbocycles. The number of nitrogens with one attached hydrogen (secondary N) is 1. The van der Waals surface area contributed by atoms with Crippen LogP contribution < -0.4 is 11.1 Å². The number of aryl methyl sites for hydroxylation is 1. The van der Waals surface area contributed by atoms with Gasteiger partial charge in [-0.2, -0.15) is 11.8 Å². The van der Waals surface area contributed by atoms with Gasteiger partial charge in [-0.3, -0.25) is 9.59 Å². The van der Waals surface area contributed by atoms with Gasteiger partial charge >= 0.3 is 0 Å². The maximum absolute atomic E-state index is 12.1. The minimum absolute atomic E-state index is 0. The predicted molar refractivity (Wildman–Crippen MR) is 96.0 cm³/mol. The highest BCUT2D eigenvalue weighted by Crippen LogP contribution is 2.17. The molecule has 5 nitrogen and oxygen atoms in total. The van der Waals surface area contributed by atoms with E-state index in [9.17, 15) is 9.59 Å². The lowest BCUT2D eigenvalue weighted by Gasteiger charge is -2.15. The molecule has 1 rings (SSSR count). The van der Waals surface area contributed by atoms with Gasteiger partial charge in [0.25, 0.3) is 5.91 Å². The smallest absolute Gasteiger partial charge is 0.253 e. The summed E-state index contributed by atoms with van der Waals surface area (Å²) in [6.45, 7) is 1.87. The second-order valence-corrected chi connectivity index (χ2v) is 6.09. The lowest BCUT2D eigenvalue weighted by Crippen LogP contribution is -2.36. The molecule has 0 spiro atoms. The largest absolute Gasteiger partial charge is 0.345 e. The Morgan fingerprint density at radius 2 is 2.00 bits per heavy atom. The van der Waals surface area contributed by atoms with Crippen LogP contribution >= 0.6 is 24.2 Å². The third-order valence-corrected chi connectivity index (χ3v) is 3.76. The normalized spacial score (nSPS) is 11.3. The van der Waals surface area contributed by atoms with Gasteiger partial charge < -0.3 is 16.0 Å². The summed E-state index contributed by atoms with van der Waals surface area (Å²) < 4.78 is 0. The molecular weight excluding hydrogens is 322 g/mol. The molecule has 0 aliphatic rings. The molecule has 0 aromatic heterocycles. The van der Waals surface area contributed by atoms with Crippen LogP contribution in [0.4, 0.5) is 5.69 Å². The van der Waals surface area contributed by atoms with Crippen molar-refractivity contribution >= 4 is 41.7 Å². The summed E-state index contributed by atoms with van der Waals surface area (Å²) >= 11 is 1.66. The van der Waals surface area contributed by atoms with Gasteiger partial charge in [0, 0.05) is 25.3 Å². The van der Waals surface area contributed by atoms with Crippen LogP contribution in [0.2, 0.25) is 0 Å². The molecule has 0 radical (unpaired) electrons. The molecular formula is C15H24ClN3O2S.